The van der Waals surface area contributed by atoms with Crippen molar-refractivity contribution >= 4 is 31.9 Å². The lowest BCUT2D eigenvalue weighted by atomic mass is 10.1. The summed E-state index contributed by atoms with van der Waals surface area (Å²) in [5, 5.41) is 5.12. The van der Waals surface area contributed by atoms with Gasteiger partial charge in [-0.05, 0) is 59.3 Å². The normalized spacial score (nSPS) is 25.2. The highest BCUT2D eigenvalue weighted by molar-refractivity contribution is 9.10. The molecule has 108 valence electrons. The summed E-state index contributed by atoms with van der Waals surface area (Å²) in [6, 6.07) is 4.61. The SMILES string of the molecule is NS(=O)(=O)c1ccc(Br)c(C(=O)N2CC3CCC2C3)c1. The number of carbonyl (C=O) groups is 1. The summed E-state index contributed by atoms with van der Waals surface area (Å²) in [5.41, 5.74) is 0.365. The van der Waals surface area contributed by atoms with Crippen LogP contribution in [0.25, 0.3) is 0 Å². The fourth-order valence-corrected chi connectivity index (χ4v) is 4.13. The maximum atomic E-state index is 12.6. The minimum absolute atomic E-state index is 0.0339. The topological polar surface area (TPSA) is 80.5 Å². The molecule has 2 aliphatic rings. The summed E-state index contributed by atoms with van der Waals surface area (Å²) < 4.78 is 23.4. The van der Waals surface area contributed by atoms with Gasteiger partial charge in [-0.2, -0.15) is 0 Å². The number of sulfonamides is 1. The molecule has 1 aromatic carbocycles. The van der Waals surface area contributed by atoms with Gasteiger partial charge in [-0.15, -0.1) is 0 Å². The molecule has 0 spiro atoms. The molecule has 1 saturated carbocycles. The highest BCUT2D eigenvalue weighted by Crippen LogP contribution is 2.38. The van der Waals surface area contributed by atoms with Gasteiger partial charge in [0.1, 0.15) is 0 Å². The molecule has 20 heavy (non-hydrogen) atoms. The predicted octanol–water partition coefficient (Wildman–Crippen LogP) is 1.72. The average molecular weight is 359 g/mol. The van der Waals surface area contributed by atoms with E-state index in [0.717, 1.165) is 19.4 Å². The average Bonchev–Trinajstić information content (AvgIpc) is 2.99. The summed E-state index contributed by atoms with van der Waals surface area (Å²) in [6.07, 6.45) is 3.30. The number of hydrogen-bond donors (Lipinski definition) is 1. The van der Waals surface area contributed by atoms with E-state index in [1.807, 2.05) is 4.90 Å². The van der Waals surface area contributed by atoms with Gasteiger partial charge < -0.3 is 4.90 Å². The van der Waals surface area contributed by atoms with E-state index >= 15 is 0 Å². The van der Waals surface area contributed by atoms with Crippen LogP contribution in [-0.2, 0) is 10.0 Å². The maximum absolute atomic E-state index is 12.6. The first kappa shape index (κ1) is 14.0. The second-order valence-corrected chi connectivity index (χ2v) is 7.89. The smallest absolute Gasteiger partial charge is 0.255 e. The highest BCUT2D eigenvalue weighted by atomic mass is 79.9. The Morgan fingerprint density at radius 1 is 1.35 bits per heavy atom. The summed E-state index contributed by atoms with van der Waals surface area (Å²) in [6.45, 7) is 0.773. The third kappa shape index (κ3) is 2.38. The number of likely N-dealkylation sites (tertiary alicyclic amines) is 1. The Bertz CT molecular complexity index is 674. The molecule has 2 bridgehead atoms. The van der Waals surface area contributed by atoms with Gasteiger partial charge in [-0.25, -0.2) is 13.6 Å². The van der Waals surface area contributed by atoms with Crippen LogP contribution in [0.1, 0.15) is 29.6 Å². The van der Waals surface area contributed by atoms with E-state index in [1.54, 1.807) is 6.07 Å². The van der Waals surface area contributed by atoms with Crippen LogP contribution in [-0.4, -0.2) is 31.8 Å². The third-order valence-corrected chi connectivity index (χ3v) is 5.77. The Hall–Kier alpha value is -0.920. The van der Waals surface area contributed by atoms with Gasteiger partial charge in [-0.3, -0.25) is 4.79 Å². The lowest BCUT2D eigenvalue weighted by molar-refractivity contribution is 0.0702. The molecular formula is C13H15BrN2O3S. The van der Waals surface area contributed by atoms with Gasteiger partial charge in [0.15, 0.2) is 0 Å². The number of primary sulfonamides is 1. The molecule has 5 nitrogen and oxygen atoms in total. The zero-order valence-corrected chi connectivity index (χ0v) is 13.2. The van der Waals surface area contributed by atoms with Gasteiger partial charge in [0.2, 0.25) is 10.0 Å². The van der Waals surface area contributed by atoms with Gasteiger partial charge in [0.05, 0.1) is 10.5 Å². The largest absolute Gasteiger partial charge is 0.335 e. The van der Waals surface area contributed by atoms with Gasteiger partial charge in [-0.1, -0.05) is 0 Å². The van der Waals surface area contributed by atoms with Crippen LogP contribution in [0.3, 0.4) is 0 Å². The monoisotopic (exact) mass is 358 g/mol. The molecule has 0 radical (unpaired) electrons. The van der Waals surface area contributed by atoms with Crippen LogP contribution in [0, 0.1) is 5.92 Å². The molecule has 3 rings (SSSR count). The molecule has 7 heteroatoms. The van der Waals surface area contributed by atoms with Gasteiger partial charge >= 0.3 is 0 Å². The van der Waals surface area contributed by atoms with Crippen LogP contribution < -0.4 is 5.14 Å². The third-order valence-electron chi connectivity index (χ3n) is 4.17. The Morgan fingerprint density at radius 2 is 2.10 bits per heavy atom. The van der Waals surface area contributed by atoms with E-state index in [1.165, 1.54) is 18.6 Å². The van der Waals surface area contributed by atoms with E-state index in [4.69, 9.17) is 5.14 Å². The van der Waals surface area contributed by atoms with Crippen LogP contribution in [0.15, 0.2) is 27.6 Å². The number of benzene rings is 1. The van der Waals surface area contributed by atoms with Crippen LogP contribution in [0.4, 0.5) is 0 Å². The molecule has 2 fully saturated rings. The summed E-state index contributed by atoms with van der Waals surface area (Å²) >= 11 is 3.31. The van der Waals surface area contributed by atoms with E-state index in [9.17, 15) is 13.2 Å². The quantitative estimate of drug-likeness (QED) is 0.873. The number of nitrogens with two attached hydrogens (primary N) is 1. The standard InChI is InChI=1S/C13H15BrN2O3S/c14-12-4-3-10(20(15,18)19)6-11(12)13(17)16-7-8-1-2-9(16)5-8/h3-4,6,8-9H,1-2,5,7H2,(H2,15,18,19). The van der Waals surface area contributed by atoms with Crippen LogP contribution in [0.5, 0.6) is 0 Å². The van der Waals surface area contributed by atoms with Crippen molar-refractivity contribution in [3.63, 3.8) is 0 Å². The number of piperidine rings is 1. The van der Waals surface area contributed by atoms with Crippen LogP contribution in [0.2, 0.25) is 0 Å². The van der Waals surface area contributed by atoms with E-state index < -0.39 is 10.0 Å². The van der Waals surface area contributed by atoms with Crippen molar-refractivity contribution in [2.45, 2.75) is 30.2 Å². The fraction of sp³-hybridized carbons (Fsp3) is 0.462. The zero-order valence-electron chi connectivity index (χ0n) is 10.8. The molecule has 0 aromatic heterocycles. The highest BCUT2D eigenvalue weighted by Gasteiger charge is 2.40. The molecule has 2 atom stereocenters. The van der Waals surface area contributed by atoms with E-state index in [-0.39, 0.29) is 10.8 Å². The first-order valence-corrected chi connectivity index (χ1v) is 8.83. The Morgan fingerprint density at radius 3 is 2.65 bits per heavy atom. The molecule has 2 unspecified atom stereocenters. The molecule has 1 aliphatic carbocycles. The first-order valence-electron chi connectivity index (χ1n) is 6.49. The number of carbonyl (C=O) groups excluding carboxylic acids is 1. The second kappa shape index (κ2) is 4.82. The fourth-order valence-electron chi connectivity index (χ4n) is 3.17. The number of fused-ring (bicyclic) bond motifs is 2. The van der Waals surface area contributed by atoms with Crippen molar-refractivity contribution < 1.29 is 13.2 Å². The summed E-state index contributed by atoms with van der Waals surface area (Å²) in [4.78, 5) is 14.4. The molecular weight excluding hydrogens is 344 g/mol. The first-order chi connectivity index (χ1) is 9.36. The molecule has 2 N–H and O–H groups in total. The minimum Gasteiger partial charge on any atom is -0.335 e. The van der Waals surface area contributed by atoms with Crippen LogP contribution >= 0.6 is 15.9 Å². The van der Waals surface area contributed by atoms with Crippen molar-refractivity contribution in [2.75, 3.05) is 6.54 Å². The van der Waals surface area contributed by atoms with Crippen molar-refractivity contribution in [3.05, 3.63) is 28.2 Å². The molecule has 1 heterocycles. The van der Waals surface area contributed by atoms with Crippen molar-refractivity contribution in [2.24, 2.45) is 11.1 Å². The van der Waals surface area contributed by atoms with Crippen molar-refractivity contribution in [3.8, 4) is 0 Å². The van der Waals surface area contributed by atoms with Crippen molar-refractivity contribution in [1.29, 1.82) is 0 Å². The minimum atomic E-state index is -3.80. The molecule has 1 saturated heterocycles. The van der Waals surface area contributed by atoms with E-state index in [0.29, 0.717) is 22.0 Å². The van der Waals surface area contributed by atoms with Crippen molar-refractivity contribution in [1.82, 2.24) is 4.90 Å². The summed E-state index contributed by atoms with van der Waals surface area (Å²) in [5.74, 6) is 0.485. The maximum Gasteiger partial charge on any atom is 0.255 e. The number of amides is 1. The molecule has 1 aliphatic heterocycles. The number of hydrogen-bond acceptors (Lipinski definition) is 3. The number of nitrogens with zero attached hydrogens (tertiary/aromatic N) is 1. The number of halogens is 1. The zero-order chi connectivity index (χ0) is 14.5. The second-order valence-electron chi connectivity index (χ2n) is 5.48. The Labute approximate surface area is 126 Å². The molecule has 1 aromatic rings. The Balaban J connectivity index is 1.95. The van der Waals surface area contributed by atoms with E-state index in [2.05, 4.69) is 15.9 Å². The summed E-state index contributed by atoms with van der Waals surface area (Å²) in [7, 11) is -3.80. The lowest BCUT2D eigenvalue weighted by Gasteiger charge is -2.27. The van der Waals surface area contributed by atoms with Gasteiger partial charge in [0.25, 0.3) is 5.91 Å². The lowest BCUT2D eigenvalue weighted by Crippen LogP contribution is -2.37. The number of rotatable bonds is 2. The predicted molar refractivity (Wildman–Crippen MR) is 77.7 cm³/mol. The van der Waals surface area contributed by atoms with Gasteiger partial charge in [0, 0.05) is 17.1 Å². The molecule has 1 amide bonds. The Kier molecular flexibility index (Phi) is 3.38.